The molecule has 6 heteroatoms. The van der Waals surface area contributed by atoms with Crippen LogP contribution >= 0.6 is 0 Å². The molecule has 3 rings (SSSR count). The Labute approximate surface area is 160 Å². The Bertz CT molecular complexity index is 924. The number of hydrogen-bond acceptors (Lipinski definition) is 3. The molecule has 1 heterocycles. The van der Waals surface area contributed by atoms with Gasteiger partial charge in [0.05, 0.1) is 11.4 Å². The zero-order chi connectivity index (χ0) is 19.1. The average molecular weight is 382 g/mol. The normalized spacial score (nSPS) is 15.6. The van der Waals surface area contributed by atoms with Crippen LogP contribution in [0, 0.1) is 17.8 Å². The molecule has 1 saturated heterocycles. The highest BCUT2D eigenvalue weighted by Crippen LogP contribution is 2.23. The SMILES string of the molecule is O=C(NCC#Cc1ccccc1)C1CCN(S(=O)(=O)c2ccccc2)CC1. The topological polar surface area (TPSA) is 66.5 Å². The van der Waals surface area contributed by atoms with Crippen molar-refractivity contribution in [2.24, 2.45) is 5.92 Å². The quantitative estimate of drug-likeness (QED) is 0.825. The minimum Gasteiger partial charge on any atom is -0.345 e. The van der Waals surface area contributed by atoms with E-state index in [0.29, 0.717) is 30.8 Å². The Morgan fingerprint density at radius 3 is 2.22 bits per heavy atom. The van der Waals surface area contributed by atoms with Gasteiger partial charge in [-0.2, -0.15) is 4.31 Å². The molecule has 1 aliphatic heterocycles. The Morgan fingerprint density at radius 2 is 1.59 bits per heavy atom. The predicted molar refractivity (Wildman–Crippen MR) is 104 cm³/mol. The van der Waals surface area contributed by atoms with Crippen LogP contribution < -0.4 is 5.32 Å². The van der Waals surface area contributed by atoms with Crippen molar-refractivity contribution in [1.29, 1.82) is 0 Å². The van der Waals surface area contributed by atoms with E-state index in [0.717, 1.165) is 5.56 Å². The summed E-state index contributed by atoms with van der Waals surface area (Å²) in [7, 11) is -3.48. The van der Waals surface area contributed by atoms with Gasteiger partial charge in [0.1, 0.15) is 0 Å². The maximum Gasteiger partial charge on any atom is 0.243 e. The maximum absolute atomic E-state index is 12.6. The van der Waals surface area contributed by atoms with Gasteiger partial charge in [-0.05, 0) is 37.1 Å². The second kappa shape index (κ2) is 8.85. The molecule has 0 radical (unpaired) electrons. The van der Waals surface area contributed by atoms with Gasteiger partial charge in [-0.3, -0.25) is 4.79 Å². The van der Waals surface area contributed by atoms with Crippen molar-refractivity contribution in [1.82, 2.24) is 9.62 Å². The van der Waals surface area contributed by atoms with Crippen LogP contribution in [0.3, 0.4) is 0 Å². The molecule has 5 nitrogen and oxygen atoms in total. The van der Waals surface area contributed by atoms with Gasteiger partial charge in [0.2, 0.25) is 15.9 Å². The van der Waals surface area contributed by atoms with Crippen LogP contribution in [0.15, 0.2) is 65.6 Å². The van der Waals surface area contributed by atoms with Gasteiger partial charge in [-0.1, -0.05) is 48.2 Å². The molecule has 0 atom stereocenters. The lowest BCUT2D eigenvalue weighted by molar-refractivity contribution is -0.125. The molecule has 2 aromatic carbocycles. The fourth-order valence-electron chi connectivity index (χ4n) is 3.04. The lowest BCUT2D eigenvalue weighted by atomic mass is 9.97. The van der Waals surface area contributed by atoms with Gasteiger partial charge in [-0.15, -0.1) is 0 Å². The highest BCUT2D eigenvalue weighted by atomic mass is 32.2. The summed E-state index contributed by atoms with van der Waals surface area (Å²) >= 11 is 0. The van der Waals surface area contributed by atoms with Crippen molar-refractivity contribution >= 4 is 15.9 Å². The van der Waals surface area contributed by atoms with Crippen LogP contribution in [0.25, 0.3) is 0 Å². The zero-order valence-electron chi connectivity index (χ0n) is 15.0. The number of piperidine rings is 1. The molecule has 0 aliphatic carbocycles. The van der Waals surface area contributed by atoms with Crippen molar-refractivity contribution in [2.45, 2.75) is 17.7 Å². The number of sulfonamides is 1. The summed E-state index contributed by atoms with van der Waals surface area (Å²) in [5, 5.41) is 2.83. The number of amides is 1. The van der Waals surface area contributed by atoms with Crippen LogP contribution in [0.4, 0.5) is 0 Å². The van der Waals surface area contributed by atoms with Crippen molar-refractivity contribution in [3.8, 4) is 11.8 Å². The molecular formula is C21H22N2O3S. The smallest absolute Gasteiger partial charge is 0.243 e. The molecule has 0 spiro atoms. The number of carbonyl (C=O) groups excluding carboxylic acids is 1. The molecule has 0 bridgehead atoms. The number of benzene rings is 2. The van der Waals surface area contributed by atoms with E-state index in [9.17, 15) is 13.2 Å². The molecule has 0 saturated carbocycles. The summed E-state index contributed by atoms with van der Waals surface area (Å²) in [6.07, 6.45) is 1.04. The van der Waals surface area contributed by atoms with E-state index in [1.807, 2.05) is 30.3 Å². The van der Waals surface area contributed by atoms with Crippen molar-refractivity contribution < 1.29 is 13.2 Å². The number of carbonyl (C=O) groups is 1. The zero-order valence-corrected chi connectivity index (χ0v) is 15.8. The second-order valence-corrected chi connectivity index (χ2v) is 8.31. The number of nitrogens with one attached hydrogen (secondary N) is 1. The summed E-state index contributed by atoms with van der Waals surface area (Å²) in [4.78, 5) is 12.6. The van der Waals surface area contributed by atoms with Crippen molar-refractivity contribution in [3.63, 3.8) is 0 Å². The maximum atomic E-state index is 12.6. The van der Waals surface area contributed by atoms with Gasteiger partial charge in [0.25, 0.3) is 0 Å². The van der Waals surface area contributed by atoms with Gasteiger partial charge in [0.15, 0.2) is 0 Å². The van der Waals surface area contributed by atoms with Crippen LogP contribution in [0.1, 0.15) is 18.4 Å². The number of nitrogens with zero attached hydrogens (tertiary/aromatic N) is 1. The molecule has 1 aliphatic rings. The first-order valence-corrected chi connectivity index (χ1v) is 10.4. The van der Waals surface area contributed by atoms with E-state index in [1.54, 1.807) is 30.3 Å². The first kappa shape index (κ1) is 19.2. The van der Waals surface area contributed by atoms with Crippen LogP contribution in [-0.4, -0.2) is 38.3 Å². The predicted octanol–water partition coefficient (Wildman–Crippen LogP) is 2.26. The molecule has 2 aromatic rings. The monoisotopic (exact) mass is 382 g/mol. The van der Waals surface area contributed by atoms with Crippen molar-refractivity contribution in [3.05, 3.63) is 66.2 Å². The third-order valence-electron chi connectivity index (χ3n) is 4.56. The van der Waals surface area contributed by atoms with E-state index in [4.69, 9.17) is 0 Å². The van der Waals surface area contributed by atoms with Crippen LogP contribution in [0.5, 0.6) is 0 Å². The molecule has 1 amide bonds. The molecule has 27 heavy (non-hydrogen) atoms. The summed E-state index contributed by atoms with van der Waals surface area (Å²) in [6, 6.07) is 18.0. The van der Waals surface area contributed by atoms with E-state index < -0.39 is 10.0 Å². The fourth-order valence-corrected chi connectivity index (χ4v) is 4.53. The lowest BCUT2D eigenvalue weighted by Gasteiger charge is -2.30. The number of hydrogen-bond donors (Lipinski definition) is 1. The van der Waals surface area contributed by atoms with E-state index >= 15 is 0 Å². The van der Waals surface area contributed by atoms with Crippen LogP contribution in [0.2, 0.25) is 0 Å². The Hall–Kier alpha value is -2.62. The molecule has 140 valence electrons. The second-order valence-electron chi connectivity index (χ2n) is 6.38. The van der Waals surface area contributed by atoms with Gasteiger partial charge in [-0.25, -0.2) is 8.42 Å². The first-order valence-electron chi connectivity index (χ1n) is 8.94. The van der Waals surface area contributed by atoms with Crippen molar-refractivity contribution in [2.75, 3.05) is 19.6 Å². The fraction of sp³-hybridized carbons (Fsp3) is 0.286. The Morgan fingerprint density at radius 1 is 1.00 bits per heavy atom. The summed E-state index contributed by atoms with van der Waals surface area (Å²) in [5.74, 6) is 5.70. The molecular weight excluding hydrogens is 360 g/mol. The summed E-state index contributed by atoms with van der Waals surface area (Å²) < 4.78 is 26.7. The van der Waals surface area contributed by atoms with Gasteiger partial charge in [0, 0.05) is 24.6 Å². The number of rotatable bonds is 4. The molecule has 0 aromatic heterocycles. The van der Waals surface area contributed by atoms with E-state index in [2.05, 4.69) is 17.2 Å². The van der Waals surface area contributed by atoms with E-state index in [-0.39, 0.29) is 18.4 Å². The highest BCUT2D eigenvalue weighted by Gasteiger charge is 2.31. The van der Waals surface area contributed by atoms with Gasteiger partial charge >= 0.3 is 0 Å². The Balaban J connectivity index is 1.49. The van der Waals surface area contributed by atoms with Gasteiger partial charge < -0.3 is 5.32 Å². The minimum atomic E-state index is -3.48. The third kappa shape index (κ3) is 4.97. The standard InChI is InChI=1S/C21H22N2O3S/c24-21(22-15-7-10-18-8-3-1-4-9-18)19-13-16-23(17-14-19)27(25,26)20-11-5-2-6-12-20/h1-6,8-9,11-12,19H,13-17H2,(H,22,24). The van der Waals surface area contributed by atoms with E-state index in [1.165, 1.54) is 4.31 Å². The molecule has 1 fully saturated rings. The first-order chi connectivity index (χ1) is 13.1. The molecule has 1 N–H and O–H groups in total. The summed E-state index contributed by atoms with van der Waals surface area (Å²) in [6.45, 7) is 0.992. The molecule has 0 unspecified atom stereocenters. The Kier molecular flexibility index (Phi) is 6.28. The highest BCUT2D eigenvalue weighted by molar-refractivity contribution is 7.89. The third-order valence-corrected chi connectivity index (χ3v) is 6.48. The van der Waals surface area contributed by atoms with Crippen LogP contribution in [-0.2, 0) is 14.8 Å². The summed E-state index contributed by atoms with van der Waals surface area (Å²) in [5.41, 5.74) is 0.908. The largest absolute Gasteiger partial charge is 0.345 e. The average Bonchev–Trinajstić information content (AvgIpc) is 2.72. The lowest BCUT2D eigenvalue weighted by Crippen LogP contribution is -2.43. The minimum absolute atomic E-state index is 0.0610.